The monoisotopic (exact) mass is 365 g/mol. The van der Waals surface area contributed by atoms with Crippen molar-refractivity contribution in [1.29, 1.82) is 0 Å². The Balaban J connectivity index is 1.78. The van der Waals surface area contributed by atoms with Gasteiger partial charge in [-0.2, -0.15) is 0 Å². The van der Waals surface area contributed by atoms with Crippen LogP contribution >= 0.6 is 0 Å². The molecule has 4 nitrogen and oxygen atoms in total. The van der Waals surface area contributed by atoms with Gasteiger partial charge < -0.3 is 4.90 Å². The number of hydrogen-bond acceptors (Lipinski definition) is 3. The van der Waals surface area contributed by atoms with E-state index in [4.69, 9.17) is 4.98 Å². The van der Waals surface area contributed by atoms with Gasteiger partial charge in [0.1, 0.15) is 11.6 Å². The zero-order valence-corrected chi connectivity index (χ0v) is 17.3. The van der Waals surface area contributed by atoms with E-state index in [9.17, 15) is 4.79 Å². The minimum Gasteiger partial charge on any atom is -0.355 e. The van der Waals surface area contributed by atoms with Gasteiger partial charge in [-0.15, -0.1) is 0 Å². The third kappa shape index (κ3) is 2.72. The Morgan fingerprint density at radius 3 is 2.67 bits per heavy atom. The summed E-state index contributed by atoms with van der Waals surface area (Å²) in [6.07, 6.45) is 5.22. The number of nitrogens with zero attached hydrogens (tertiary/aromatic N) is 3. The largest absolute Gasteiger partial charge is 0.355 e. The molecular formula is C23H31N3O. The lowest BCUT2D eigenvalue weighted by Gasteiger charge is -2.28. The molecule has 1 aromatic carbocycles. The van der Waals surface area contributed by atoms with Crippen LogP contribution in [-0.4, -0.2) is 22.6 Å². The molecule has 1 saturated carbocycles. The summed E-state index contributed by atoms with van der Waals surface area (Å²) in [6.45, 7) is 12.5. The lowest BCUT2D eigenvalue weighted by molar-refractivity contribution is 0.260. The number of anilines is 1. The highest BCUT2D eigenvalue weighted by Gasteiger charge is 2.48. The lowest BCUT2D eigenvalue weighted by Crippen LogP contribution is -2.32. The SMILES string of the molecule is CC[C@@]12CCC[C@@H]1CN(c1nc(C)n(-c3cccc(C)c3C)c(=O)c1C)C2. The lowest BCUT2D eigenvalue weighted by atomic mass is 9.78. The number of hydrogen-bond donors (Lipinski definition) is 0. The highest BCUT2D eigenvalue weighted by Crippen LogP contribution is 2.51. The highest BCUT2D eigenvalue weighted by atomic mass is 16.1. The Morgan fingerprint density at radius 2 is 1.96 bits per heavy atom. The summed E-state index contributed by atoms with van der Waals surface area (Å²) in [5.41, 5.74) is 4.55. The van der Waals surface area contributed by atoms with E-state index in [1.165, 1.54) is 31.2 Å². The molecule has 1 aliphatic carbocycles. The summed E-state index contributed by atoms with van der Waals surface area (Å²) in [4.78, 5) is 20.7. The Kier molecular flexibility index (Phi) is 4.40. The molecule has 2 atom stereocenters. The molecule has 1 saturated heterocycles. The van der Waals surface area contributed by atoms with Crippen molar-refractivity contribution in [3.05, 3.63) is 51.1 Å². The van der Waals surface area contributed by atoms with Crippen LogP contribution in [0.4, 0.5) is 5.82 Å². The van der Waals surface area contributed by atoms with Crippen molar-refractivity contribution in [3.8, 4) is 5.69 Å². The van der Waals surface area contributed by atoms with Gasteiger partial charge in [0, 0.05) is 13.1 Å². The molecule has 144 valence electrons. The number of aromatic nitrogens is 2. The predicted molar refractivity (Wildman–Crippen MR) is 111 cm³/mol. The van der Waals surface area contributed by atoms with E-state index in [0.29, 0.717) is 5.41 Å². The number of aryl methyl sites for hydroxylation is 2. The summed E-state index contributed by atoms with van der Waals surface area (Å²) in [5.74, 6) is 2.43. The number of benzene rings is 1. The zero-order chi connectivity index (χ0) is 19.3. The molecule has 0 amide bonds. The first kappa shape index (κ1) is 18.3. The summed E-state index contributed by atoms with van der Waals surface area (Å²) >= 11 is 0. The molecule has 4 rings (SSSR count). The van der Waals surface area contributed by atoms with Crippen LogP contribution in [0.1, 0.15) is 55.1 Å². The maximum absolute atomic E-state index is 13.3. The summed E-state index contributed by atoms with van der Waals surface area (Å²) in [6, 6.07) is 6.12. The van der Waals surface area contributed by atoms with Crippen LogP contribution in [0, 0.1) is 39.0 Å². The smallest absolute Gasteiger partial charge is 0.263 e. The topological polar surface area (TPSA) is 38.1 Å². The average Bonchev–Trinajstić information content (AvgIpc) is 3.19. The van der Waals surface area contributed by atoms with Crippen LogP contribution < -0.4 is 10.5 Å². The summed E-state index contributed by atoms with van der Waals surface area (Å²) < 4.78 is 1.79. The van der Waals surface area contributed by atoms with Gasteiger partial charge in [0.25, 0.3) is 5.56 Å². The molecule has 0 bridgehead atoms. The zero-order valence-electron chi connectivity index (χ0n) is 17.3. The minimum atomic E-state index is 0.0637. The van der Waals surface area contributed by atoms with Crippen molar-refractivity contribution in [2.75, 3.05) is 18.0 Å². The van der Waals surface area contributed by atoms with Gasteiger partial charge in [-0.3, -0.25) is 9.36 Å². The molecule has 1 aliphatic heterocycles. The first-order valence-electron chi connectivity index (χ1n) is 10.3. The quantitative estimate of drug-likeness (QED) is 0.805. The van der Waals surface area contributed by atoms with Crippen LogP contribution in [0.15, 0.2) is 23.0 Å². The van der Waals surface area contributed by atoms with Gasteiger partial charge in [-0.25, -0.2) is 4.98 Å². The second kappa shape index (κ2) is 6.50. The summed E-state index contributed by atoms with van der Waals surface area (Å²) in [5, 5.41) is 0. The third-order valence-corrected chi connectivity index (χ3v) is 7.31. The Labute approximate surface area is 162 Å². The normalized spacial score (nSPS) is 24.5. The molecule has 0 radical (unpaired) electrons. The second-order valence-corrected chi connectivity index (χ2v) is 8.65. The highest BCUT2D eigenvalue weighted by molar-refractivity contribution is 5.51. The molecule has 0 N–H and O–H groups in total. The summed E-state index contributed by atoms with van der Waals surface area (Å²) in [7, 11) is 0. The third-order valence-electron chi connectivity index (χ3n) is 7.31. The van der Waals surface area contributed by atoms with Crippen LogP contribution in [0.2, 0.25) is 0 Å². The van der Waals surface area contributed by atoms with Crippen molar-refractivity contribution in [1.82, 2.24) is 9.55 Å². The molecule has 4 heteroatoms. The molecule has 1 aromatic heterocycles. The van der Waals surface area contributed by atoms with E-state index in [2.05, 4.69) is 31.7 Å². The van der Waals surface area contributed by atoms with Gasteiger partial charge in [0.2, 0.25) is 0 Å². The Bertz CT molecular complexity index is 945. The van der Waals surface area contributed by atoms with E-state index in [1.54, 1.807) is 4.57 Å². The predicted octanol–water partition coefficient (Wildman–Crippen LogP) is 4.48. The van der Waals surface area contributed by atoms with Crippen LogP contribution in [0.3, 0.4) is 0 Å². The molecule has 0 unspecified atom stereocenters. The van der Waals surface area contributed by atoms with Gasteiger partial charge in [0.05, 0.1) is 11.3 Å². The average molecular weight is 366 g/mol. The van der Waals surface area contributed by atoms with Gasteiger partial charge in [-0.1, -0.05) is 25.5 Å². The van der Waals surface area contributed by atoms with Crippen molar-refractivity contribution in [2.45, 2.75) is 60.3 Å². The van der Waals surface area contributed by atoms with E-state index in [0.717, 1.165) is 47.5 Å². The minimum absolute atomic E-state index is 0.0637. The van der Waals surface area contributed by atoms with Gasteiger partial charge in [-0.05, 0) is 75.5 Å². The van der Waals surface area contributed by atoms with Crippen molar-refractivity contribution in [3.63, 3.8) is 0 Å². The van der Waals surface area contributed by atoms with E-state index in [-0.39, 0.29) is 5.56 Å². The van der Waals surface area contributed by atoms with E-state index in [1.807, 2.05) is 26.0 Å². The molecular weight excluding hydrogens is 334 g/mol. The Morgan fingerprint density at radius 1 is 1.19 bits per heavy atom. The van der Waals surface area contributed by atoms with Gasteiger partial charge in [0.15, 0.2) is 0 Å². The fourth-order valence-electron chi connectivity index (χ4n) is 5.42. The van der Waals surface area contributed by atoms with Crippen molar-refractivity contribution in [2.24, 2.45) is 11.3 Å². The van der Waals surface area contributed by atoms with E-state index >= 15 is 0 Å². The van der Waals surface area contributed by atoms with Crippen molar-refractivity contribution >= 4 is 5.82 Å². The Hall–Kier alpha value is -2.10. The number of rotatable bonds is 3. The van der Waals surface area contributed by atoms with Crippen LogP contribution in [0.25, 0.3) is 5.69 Å². The van der Waals surface area contributed by atoms with Gasteiger partial charge >= 0.3 is 0 Å². The van der Waals surface area contributed by atoms with E-state index < -0.39 is 0 Å². The molecule has 2 aliphatic rings. The molecule has 2 aromatic rings. The standard InChI is InChI=1S/C23H31N3O/c1-6-23-12-8-10-19(23)13-25(14-23)21-17(4)22(27)26(18(5)24-21)20-11-7-9-15(2)16(20)3/h7,9,11,19H,6,8,10,12-14H2,1-5H3/t19-,23+/m1/s1. The fourth-order valence-corrected chi connectivity index (χ4v) is 5.42. The van der Waals surface area contributed by atoms with Crippen LogP contribution in [-0.2, 0) is 0 Å². The fraction of sp³-hybridized carbons (Fsp3) is 0.565. The maximum Gasteiger partial charge on any atom is 0.263 e. The second-order valence-electron chi connectivity index (χ2n) is 8.65. The molecule has 27 heavy (non-hydrogen) atoms. The first-order valence-corrected chi connectivity index (χ1v) is 10.3. The van der Waals surface area contributed by atoms with Crippen molar-refractivity contribution < 1.29 is 0 Å². The molecule has 2 heterocycles. The first-order chi connectivity index (χ1) is 12.9. The molecule has 2 fully saturated rings. The number of fused-ring (bicyclic) bond motifs is 1. The maximum atomic E-state index is 13.3. The molecule has 0 spiro atoms. The van der Waals surface area contributed by atoms with Crippen LogP contribution in [0.5, 0.6) is 0 Å².